The number of carbonyl (C=O) groups is 2. The van der Waals surface area contributed by atoms with Gasteiger partial charge in [0, 0.05) is 18.2 Å². The van der Waals surface area contributed by atoms with Crippen molar-refractivity contribution < 1.29 is 24.3 Å². The summed E-state index contributed by atoms with van der Waals surface area (Å²) in [7, 11) is 0. The zero-order valence-corrected chi connectivity index (χ0v) is 24.6. The molecule has 4 aromatic rings. The average Bonchev–Trinajstić information content (AvgIpc) is 3.41. The van der Waals surface area contributed by atoms with Crippen molar-refractivity contribution in [1.82, 2.24) is 4.98 Å². The minimum Gasteiger partial charge on any atom is -0.476 e. The molecule has 2 N–H and O–H groups in total. The fraction of sp³-hybridized carbons (Fsp3) is 0.273. The molecule has 0 radical (unpaired) electrons. The molecule has 1 saturated carbocycles. The fourth-order valence-corrected chi connectivity index (χ4v) is 5.66. The molecule has 1 aromatic heterocycles. The maximum absolute atomic E-state index is 12.9. The maximum Gasteiger partial charge on any atom is 0.360 e. The van der Waals surface area contributed by atoms with E-state index < -0.39 is 28.7 Å². The first-order valence-electron chi connectivity index (χ1n) is 13.8. The van der Waals surface area contributed by atoms with Crippen LogP contribution in [0.25, 0.3) is 0 Å². The average molecular weight is 584 g/mol. The van der Waals surface area contributed by atoms with Gasteiger partial charge < -0.3 is 20.0 Å². The molecule has 3 aromatic carbocycles. The number of carboxylic acid groups (broad SMARTS) is 1. The summed E-state index contributed by atoms with van der Waals surface area (Å²) < 4.78 is 5.52. The maximum atomic E-state index is 12.9. The highest BCUT2D eigenvalue weighted by atomic mass is 32.1. The Morgan fingerprint density at radius 2 is 1.38 bits per heavy atom. The van der Waals surface area contributed by atoms with Gasteiger partial charge in [-0.25, -0.2) is 14.6 Å². The van der Waals surface area contributed by atoms with Gasteiger partial charge >= 0.3 is 11.9 Å². The molecule has 5 rings (SSSR count). The zero-order chi connectivity index (χ0) is 29.8. The number of ether oxygens (including phenoxy) is 1. The van der Waals surface area contributed by atoms with E-state index in [1.54, 1.807) is 26.2 Å². The zero-order valence-electron chi connectivity index (χ0n) is 23.7. The van der Waals surface area contributed by atoms with E-state index in [4.69, 9.17) is 9.57 Å². The van der Waals surface area contributed by atoms with Gasteiger partial charge in [0.1, 0.15) is 16.8 Å². The summed E-state index contributed by atoms with van der Waals surface area (Å²) in [5.41, 5.74) is -0.149. The van der Waals surface area contributed by atoms with Gasteiger partial charge in [-0.15, -0.1) is 11.3 Å². The molecule has 0 bridgehead atoms. The molecule has 1 aliphatic rings. The third-order valence-corrected chi connectivity index (χ3v) is 7.87. The molecular formula is C33H33N3O5S. The predicted molar refractivity (Wildman–Crippen MR) is 163 cm³/mol. The van der Waals surface area contributed by atoms with Crippen molar-refractivity contribution in [3.63, 3.8) is 0 Å². The molecule has 9 heteroatoms. The molecule has 0 saturated heterocycles. The highest BCUT2D eigenvalue weighted by Gasteiger charge is 2.50. The number of aliphatic carboxylic acids is 1. The predicted octanol–water partition coefficient (Wildman–Crippen LogP) is 6.62. The summed E-state index contributed by atoms with van der Waals surface area (Å²) in [5.74, 6) is -1.86. The Kier molecular flexibility index (Phi) is 8.13. The lowest BCUT2D eigenvalue weighted by atomic mass is 9.77. The number of nitrogens with zero attached hydrogens (tertiary/aromatic N) is 2. The third kappa shape index (κ3) is 5.92. The van der Waals surface area contributed by atoms with E-state index in [9.17, 15) is 14.7 Å². The van der Waals surface area contributed by atoms with Crippen molar-refractivity contribution in [2.24, 2.45) is 5.16 Å². The van der Waals surface area contributed by atoms with Crippen molar-refractivity contribution in [2.75, 3.05) is 5.32 Å². The highest BCUT2D eigenvalue weighted by Crippen LogP contribution is 2.41. The van der Waals surface area contributed by atoms with Gasteiger partial charge in [-0.3, -0.25) is 0 Å². The summed E-state index contributed by atoms with van der Waals surface area (Å²) in [5, 5.41) is 19.7. The number of rotatable bonds is 10. The van der Waals surface area contributed by atoms with E-state index in [2.05, 4.69) is 15.5 Å². The lowest BCUT2D eigenvalue weighted by Gasteiger charge is -2.38. The lowest BCUT2D eigenvalue weighted by Crippen LogP contribution is -2.50. The number of aromatic nitrogens is 1. The van der Waals surface area contributed by atoms with Crippen LogP contribution in [0.1, 0.15) is 62.4 Å². The topological polar surface area (TPSA) is 110 Å². The van der Waals surface area contributed by atoms with Crippen molar-refractivity contribution in [1.29, 1.82) is 0 Å². The van der Waals surface area contributed by atoms with Gasteiger partial charge in [-0.05, 0) is 43.9 Å². The Morgan fingerprint density at radius 1 is 0.881 bits per heavy atom. The number of carboxylic acids is 1. The number of anilines is 1. The van der Waals surface area contributed by atoms with E-state index in [1.807, 2.05) is 91.0 Å². The second-order valence-corrected chi connectivity index (χ2v) is 12.1. The summed E-state index contributed by atoms with van der Waals surface area (Å²) in [6, 6.07) is 30.1. The van der Waals surface area contributed by atoms with Gasteiger partial charge in [0.25, 0.3) is 0 Å². The molecule has 1 aliphatic carbocycles. The minimum absolute atomic E-state index is 0.122. The van der Waals surface area contributed by atoms with Gasteiger partial charge in [0.05, 0.1) is 0 Å². The number of benzene rings is 3. The van der Waals surface area contributed by atoms with Gasteiger partial charge in [-0.1, -0.05) is 96.2 Å². The molecule has 1 fully saturated rings. The van der Waals surface area contributed by atoms with Crippen LogP contribution in [0.5, 0.6) is 0 Å². The fourth-order valence-electron chi connectivity index (χ4n) is 4.91. The van der Waals surface area contributed by atoms with Crippen LogP contribution in [0, 0.1) is 0 Å². The first-order valence-corrected chi connectivity index (χ1v) is 14.6. The number of esters is 1. The first-order chi connectivity index (χ1) is 20.1. The van der Waals surface area contributed by atoms with Crippen LogP contribution in [-0.2, 0) is 24.7 Å². The smallest absolute Gasteiger partial charge is 0.360 e. The Hall–Kier alpha value is -4.50. The second-order valence-electron chi connectivity index (χ2n) is 11.2. The number of hydrogen-bond acceptors (Lipinski definition) is 8. The molecule has 0 aliphatic heterocycles. The van der Waals surface area contributed by atoms with E-state index in [0.29, 0.717) is 18.0 Å². The second kappa shape index (κ2) is 11.8. The number of nitrogens with one attached hydrogen (secondary N) is 1. The van der Waals surface area contributed by atoms with E-state index in [0.717, 1.165) is 23.1 Å². The molecule has 0 spiro atoms. The molecule has 1 heterocycles. The van der Waals surface area contributed by atoms with E-state index in [1.165, 1.54) is 11.3 Å². The largest absolute Gasteiger partial charge is 0.476 e. The summed E-state index contributed by atoms with van der Waals surface area (Å²) >= 11 is 1.26. The van der Waals surface area contributed by atoms with Crippen LogP contribution in [0.15, 0.2) is 102 Å². The quantitative estimate of drug-likeness (QED) is 0.0935. The molecule has 0 amide bonds. The van der Waals surface area contributed by atoms with Crippen LogP contribution < -0.4 is 5.32 Å². The van der Waals surface area contributed by atoms with Gasteiger partial charge in [0.2, 0.25) is 11.3 Å². The summed E-state index contributed by atoms with van der Waals surface area (Å²) in [4.78, 5) is 35.4. The van der Waals surface area contributed by atoms with Crippen molar-refractivity contribution in [3.05, 3.63) is 119 Å². The third-order valence-electron chi connectivity index (χ3n) is 7.11. The number of thiazole rings is 1. The molecule has 0 unspecified atom stereocenters. The molecule has 0 atom stereocenters. The molecule has 8 nitrogen and oxygen atoms in total. The lowest BCUT2D eigenvalue weighted by molar-refractivity contribution is -0.196. The monoisotopic (exact) mass is 583 g/mol. The first kappa shape index (κ1) is 29.0. The van der Waals surface area contributed by atoms with Crippen LogP contribution in [0.3, 0.4) is 0 Å². The van der Waals surface area contributed by atoms with E-state index in [-0.39, 0.29) is 11.4 Å². The Labute approximate surface area is 249 Å². The Bertz CT molecular complexity index is 1460. The standard InChI is InChI=1S/C33H33N3O5S/c1-31(2,3)40-29(39)32(20-13-21-32)41-36-27(28(37)38)26-22-42-30(34-26)35-33(23-14-7-4-8-15-23,24-16-9-5-10-17-24)25-18-11-6-12-19-25/h4-12,14-19,22H,13,20-21H2,1-3H3,(H,34,35)(H,37,38)/b36-27-. The molecule has 216 valence electrons. The van der Waals surface area contributed by atoms with Crippen LogP contribution in [-0.4, -0.2) is 38.9 Å². The van der Waals surface area contributed by atoms with Crippen LogP contribution in [0.4, 0.5) is 5.13 Å². The summed E-state index contributed by atoms with van der Waals surface area (Å²) in [6.07, 6.45) is 1.55. The highest BCUT2D eigenvalue weighted by molar-refractivity contribution is 7.14. The number of carbonyl (C=O) groups excluding carboxylic acids is 1. The van der Waals surface area contributed by atoms with Crippen molar-refractivity contribution >= 4 is 34.1 Å². The summed E-state index contributed by atoms with van der Waals surface area (Å²) in [6.45, 7) is 5.31. The van der Waals surface area contributed by atoms with Crippen molar-refractivity contribution in [2.45, 2.75) is 56.8 Å². The number of oxime groups is 1. The Balaban J connectivity index is 1.52. The SMILES string of the molecule is CC(C)(C)OC(=O)C1(O/N=C(\C(=O)O)c2csc(NC(c3ccccc3)(c3ccccc3)c3ccccc3)n2)CCC1. The van der Waals surface area contributed by atoms with Crippen LogP contribution in [0.2, 0.25) is 0 Å². The Morgan fingerprint density at radius 3 is 1.79 bits per heavy atom. The number of hydrogen-bond donors (Lipinski definition) is 2. The molecule has 42 heavy (non-hydrogen) atoms. The van der Waals surface area contributed by atoms with Gasteiger partial charge in [-0.2, -0.15) is 0 Å². The van der Waals surface area contributed by atoms with Gasteiger partial charge in [0.15, 0.2) is 5.13 Å². The van der Waals surface area contributed by atoms with E-state index >= 15 is 0 Å². The minimum atomic E-state index is -1.31. The van der Waals surface area contributed by atoms with Crippen LogP contribution >= 0.6 is 11.3 Å². The normalized spacial score (nSPS) is 14.9. The molecular weight excluding hydrogens is 550 g/mol. The van der Waals surface area contributed by atoms with Crippen molar-refractivity contribution in [3.8, 4) is 0 Å².